The maximum Gasteiger partial charge on any atom is 0.212 e. The van der Waals surface area contributed by atoms with Crippen molar-refractivity contribution < 1.29 is 4.79 Å². The summed E-state index contributed by atoms with van der Waals surface area (Å²) in [5, 5.41) is 0.886. The molecule has 1 aliphatic rings. The van der Waals surface area contributed by atoms with Crippen molar-refractivity contribution in [2.45, 2.75) is 13.1 Å². The molecule has 2 aromatic rings. The highest BCUT2D eigenvalue weighted by Gasteiger charge is 2.26. The molecule has 0 amide bonds. The van der Waals surface area contributed by atoms with Gasteiger partial charge in [0, 0.05) is 44.0 Å². The Balaban J connectivity index is 1.95. The minimum atomic E-state index is -0.0989. The van der Waals surface area contributed by atoms with E-state index in [0.29, 0.717) is 34.4 Å². The summed E-state index contributed by atoms with van der Waals surface area (Å²) in [7, 11) is 3.81. The maximum absolute atomic E-state index is 13.1. The zero-order valence-corrected chi connectivity index (χ0v) is 15.1. The van der Waals surface area contributed by atoms with Gasteiger partial charge in [-0.2, -0.15) is 0 Å². The molecule has 0 bridgehead atoms. The van der Waals surface area contributed by atoms with Crippen LogP contribution >= 0.6 is 23.2 Å². The third kappa shape index (κ3) is 3.42. The molecule has 0 aliphatic carbocycles. The minimum absolute atomic E-state index is 0.0989. The molecule has 124 valence electrons. The number of Topliss-reactive ketones (excluding diaryl/α,β-unsaturated/α-hetero) is 1. The molecule has 0 spiro atoms. The van der Waals surface area contributed by atoms with E-state index in [-0.39, 0.29) is 5.78 Å². The first-order chi connectivity index (χ1) is 11.5. The van der Waals surface area contributed by atoms with E-state index in [1.807, 2.05) is 37.3 Å². The van der Waals surface area contributed by atoms with Crippen molar-refractivity contribution in [1.82, 2.24) is 9.80 Å². The van der Waals surface area contributed by atoms with E-state index in [9.17, 15) is 4.79 Å². The van der Waals surface area contributed by atoms with E-state index in [2.05, 4.69) is 17.0 Å². The minimum Gasteiger partial charge on any atom is -0.382 e. The third-order valence-electron chi connectivity index (χ3n) is 3.97. The number of nitrogens with zero attached hydrogens (tertiary/aromatic N) is 2. The number of carbonyl (C=O) groups is 1. The molecule has 1 heterocycles. The summed E-state index contributed by atoms with van der Waals surface area (Å²) in [6, 6.07) is 13.2. The van der Waals surface area contributed by atoms with Crippen molar-refractivity contribution in [3.63, 3.8) is 0 Å². The summed E-state index contributed by atoms with van der Waals surface area (Å²) in [5.41, 5.74) is 3.58. The molecule has 0 N–H and O–H groups in total. The first kappa shape index (κ1) is 16.9. The summed E-state index contributed by atoms with van der Waals surface area (Å²) < 4.78 is 0. The average molecular weight is 361 g/mol. The van der Waals surface area contributed by atoms with Crippen LogP contribution in [0.1, 0.15) is 21.5 Å². The molecule has 24 heavy (non-hydrogen) atoms. The fraction of sp³-hybridized carbons (Fsp3) is 0.211. The standard InChI is InChI=1S/C19H18Cl2N2O/c1-22(2)12-18(19(24)16-8-7-15(20)9-17(16)21)23-10-13-5-3-4-6-14(13)11-23/h3-9,12H,10-11H2,1-2H3. The number of benzene rings is 2. The molecule has 0 saturated heterocycles. The molecule has 0 radical (unpaired) electrons. The van der Waals surface area contributed by atoms with E-state index in [0.717, 1.165) is 0 Å². The van der Waals surface area contributed by atoms with Gasteiger partial charge in [0.05, 0.1) is 5.02 Å². The number of fused-ring (bicyclic) bond motifs is 1. The van der Waals surface area contributed by atoms with Gasteiger partial charge in [-0.05, 0) is 29.3 Å². The highest BCUT2D eigenvalue weighted by atomic mass is 35.5. The largest absolute Gasteiger partial charge is 0.382 e. The molecule has 0 aromatic heterocycles. The number of ketones is 1. The second-order valence-electron chi connectivity index (χ2n) is 6.06. The van der Waals surface area contributed by atoms with Crippen molar-refractivity contribution in [2.24, 2.45) is 0 Å². The highest BCUT2D eigenvalue weighted by Crippen LogP contribution is 2.30. The van der Waals surface area contributed by atoms with E-state index in [1.165, 1.54) is 11.1 Å². The van der Waals surface area contributed by atoms with Crippen molar-refractivity contribution in [2.75, 3.05) is 14.1 Å². The number of rotatable bonds is 4. The molecule has 1 aliphatic heterocycles. The fourth-order valence-electron chi connectivity index (χ4n) is 2.84. The summed E-state index contributed by atoms with van der Waals surface area (Å²) >= 11 is 12.2. The summed E-state index contributed by atoms with van der Waals surface area (Å²) in [6.07, 6.45) is 1.85. The number of carbonyl (C=O) groups excluding carboxylic acids is 1. The zero-order valence-electron chi connectivity index (χ0n) is 13.6. The molecule has 2 aromatic carbocycles. The van der Waals surface area contributed by atoms with Crippen LogP contribution in [0.25, 0.3) is 0 Å². The van der Waals surface area contributed by atoms with E-state index < -0.39 is 0 Å². The summed E-state index contributed by atoms with van der Waals surface area (Å²) in [5.74, 6) is -0.0989. The number of hydrogen-bond donors (Lipinski definition) is 0. The maximum atomic E-state index is 13.1. The topological polar surface area (TPSA) is 23.6 Å². The van der Waals surface area contributed by atoms with Crippen LogP contribution in [-0.4, -0.2) is 29.7 Å². The third-order valence-corrected chi connectivity index (χ3v) is 4.52. The van der Waals surface area contributed by atoms with Crippen LogP contribution in [0.15, 0.2) is 54.4 Å². The Morgan fingerprint density at radius 1 is 1.08 bits per heavy atom. The monoisotopic (exact) mass is 360 g/mol. The van der Waals surface area contributed by atoms with Crippen molar-refractivity contribution >= 4 is 29.0 Å². The van der Waals surface area contributed by atoms with Gasteiger partial charge >= 0.3 is 0 Å². The Kier molecular flexibility index (Phi) is 4.83. The predicted octanol–water partition coefficient (Wildman–Crippen LogP) is 4.59. The molecule has 0 atom stereocenters. The molecular formula is C19H18Cl2N2O. The predicted molar refractivity (Wildman–Crippen MR) is 98.3 cm³/mol. The lowest BCUT2D eigenvalue weighted by atomic mass is 10.1. The van der Waals surface area contributed by atoms with Gasteiger partial charge in [-0.25, -0.2) is 0 Å². The van der Waals surface area contributed by atoms with Crippen LogP contribution in [0.5, 0.6) is 0 Å². The Morgan fingerprint density at radius 2 is 1.71 bits per heavy atom. The van der Waals surface area contributed by atoms with Gasteiger partial charge < -0.3 is 9.80 Å². The van der Waals surface area contributed by atoms with Crippen LogP contribution < -0.4 is 0 Å². The van der Waals surface area contributed by atoms with Gasteiger partial charge in [-0.3, -0.25) is 4.79 Å². The molecular weight excluding hydrogens is 343 g/mol. The van der Waals surface area contributed by atoms with Crippen LogP contribution in [0.3, 0.4) is 0 Å². The van der Waals surface area contributed by atoms with Gasteiger partial charge in [0.15, 0.2) is 0 Å². The highest BCUT2D eigenvalue weighted by molar-refractivity contribution is 6.37. The molecule has 3 nitrogen and oxygen atoms in total. The quantitative estimate of drug-likeness (QED) is 0.588. The zero-order chi connectivity index (χ0) is 17.3. The second kappa shape index (κ2) is 6.88. The molecule has 0 saturated carbocycles. The molecule has 0 unspecified atom stereocenters. The Bertz CT molecular complexity index is 790. The van der Waals surface area contributed by atoms with Gasteiger partial charge in [0.2, 0.25) is 5.78 Å². The lowest BCUT2D eigenvalue weighted by Crippen LogP contribution is -2.25. The van der Waals surface area contributed by atoms with Crippen molar-refractivity contribution in [3.05, 3.63) is 81.1 Å². The summed E-state index contributed by atoms with van der Waals surface area (Å²) in [6.45, 7) is 1.43. The van der Waals surface area contributed by atoms with Gasteiger partial charge in [0.25, 0.3) is 0 Å². The summed E-state index contributed by atoms with van der Waals surface area (Å²) in [4.78, 5) is 17.0. The first-order valence-electron chi connectivity index (χ1n) is 7.65. The van der Waals surface area contributed by atoms with Gasteiger partial charge in [-0.1, -0.05) is 47.5 Å². The molecule has 3 rings (SSSR count). The average Bonchev–Trinajstić information content (AvgIpc) is 2.95. The molecule has 0 fully saturated rings. The normalized spacial score (nSPS) is 13.8. The van der Waals surface area contributed by atoms with Crippen LogP contribution in [0.2, 0.25) is 10.0 Å². The SMILES string of the molecule is CN(C)C=C(C(=O)c1ccc(Cl)cc1Cl)N1Cc2ccccc2C1. The number of allylic oxidation sites excluding steroid dienone is 1. The van der Waals surface area contributed by atoms with E-state index in [1.54, 1.807) is 18.2 Å². The number of halogens is 2. The van der Waals surface area contributed by atoms with Gasteiger partial charge in [0.1, 0.15) is 5.70 Å². The van der Waals surface area contributed by atoms with Crippen molar-refractivity contribution in [3.8, 4) is 0 Å². The lowest BCUT2D eigenvalue weighted by molar-refractivity contribution is 0.0986. The van der Waals surface area contributed by atoms with Crippen LogP contribution in [0.4, 0.5) is 0 Å². The second-order valence-corrected chi connectivity index (χ2v) is 6.90. The Hall–Kier alpha value is -1.97. The smallest absolute Gasteiger partial charge is 0.212 e. The Morgan fingerprint density at radius 3 is 2.25 bits per heavy atom. The number of hydrogen-bond acceptors (Lipinski definition) is 3. The van der Waals surface area contributed by atoms with E-state index >= 15 is 0 Å². The Labute approximate surface area is 152 Å². The van der Waals surface area contributed by atoms with Crippen molar-refractivity contribution in [1.29, 1.82) is 0 Å². The van der Waals surface area contributed by atoms with Crippen LogP contribution in [-0.2, 0) is 13.1 Å². The fourth-order valence-corrected chi connectivity index (χ4v) is 3.34. The van der Waals surface area contributed by atoms with Gasteiger partial charge in [-0.15, -0.1) is 0 Å². The molecule has 5 heteroatoms. The van der Waals surface area contributed by atoms with E-state index in [4.69, 9.17) is 23.2 Å². The van der Waals surface area contributed by atoms with Crippen LogP contribution in [0, 0.1) is 0 Å². The first-order valence-corrected chi connectivity index (χ1v) is 8.41. The lowest BCUT2D eigenvalue weighted by Gasteiger charge is -2.23.